The third-order valence-electron chi connectivity index (χ3n) is 6.70. The summed E-state index contributed by atoms with van der Waals surface area (Å²) in [7, 11) is 0. The molecule has 0 saturated heterocycles. The van der Waals surface area contributed by atoms with Crippen molar-refractivity contribution < 1.29 is 36.6 Å². The van der Waals surface area contributed by atoms with Crippen molar-refractivity contribution in [1.82, 2.24) is 15.1 Å². The minimum Gasteiger partial charge on any atom is -0.481 e. The lowest BCUT2D eigenvalue weighted by Crippen LogP contribution is -2.31. The Labute approximate surface area is 213 Å². The molecular formula is C25H23ClF5N3O3. The number of halogens is 6. The number of carboxylic acid groups (broad SMARTS) is 1. The maximum absolute atomic E-state index is 14.0. The quantitative estimate of drug-likeness (QED) is 0.356. The number of fused-ring (bicyclic) bond motifs is 1. The van der Waals surface area contributed by atoms with E-state index >= 15 is 0 Å². The minimum atomic E-state index is -5.17. The maximum Gasteiger partial charge on any atom is 0.422 e. The molecule has 1 heterocycles. The van der Waals surface area contributed by atoms with Gasteiger partial charge in [-0.25, -0.2) is 8.78 Å². The number of rotatable bonds is 7. The highest BCUT2D eigenvalue weighted by Gasteiger charge is 2.38. The van der Waals surface area contributed by atoms with E-state index in [0.717, 1.165) is 25.7 Å². The van der Waals surface area contributed by atoms with Gasteiger partial charge in [0.15, 0.2) is 0 Å². The predicted molar refractivity (Wildman–Crippen MR) is 125 cm³/mol. The molecule has 0 bridgehead atoms. The summed E-state index contributed by atoms with van der Waals surface area (Å²) >= 11 is 6.31. The lowest BCUT2D eigenvalue weighted by atomic mass is 9.80. The smallest absolute Gasteiger partial charge is 0.422 e. The summed E-state index contributed by atoms with van der Waals surface area (Å²) in [5.41, 5.74) is -1.49. The summed E-state index contributed by atoms with van der Waals surface area (Å²) in [4.78, 5) is 23.8. The van der Waals surface area contributed by atoms with Crippen LogP contribution in [0.4, 0.5) is 22.0 Å². The minimum absolute atomic E-state index is 0.0996. The van der Waals surface area contributed by atoms with Crippen LogP contribution in [0.15, 0.2) is 30.5 Å². The van der Waals surface area contributed by atoms with Gasteiger partial charge in [0.1, 0.15) is 17.2 Å². The molecule has 2 aromatic carbocycles. The van der Waals surface area contributed by atoms with Crippen molar-refractivity contribution in [1.29, 1.82) is 0 Å². The van der Waals surface area contributed by atoms with Gasteiger partial charge in [-0.3, -0.25) is 14.3 Å². The Bertz CT molecular complexity index is 1310. The fourth-order valence-corrected chi connectivity index (χ4v) is 5.12. The van der Waals surface area contributed by atoms with E-state index in [-0.39, 0.29) is 46.9 Å². The number of benzene rings is 2. The van der Waals surface area contributed by atoms with Gasteiger partial charge < -0.3 is 10.4 Å². The lowest BCUT2D eigenvalue weighted by molar-refractivity contribution is -0.142. The number of carboxylic acids is 1. The van der Waals surface area contributed by atoms with Crippen LogP contribution in [-0.2, 0) is 17.5 Å². The van der Waals surface area contributed by atoms with Crippen LogP contribution in [0.1, 0.15) is 53.6 Å². The van der Waals surface area contributed by atoms with E-state index in [4.69, 9.17) is 16.7 Å². The van der Waals surface area contributed by atoms with Crippen LogP contribution < -0.4 is 5.32 Å². The third kappa shape index (κ3) is 6.03. The SMILES string of the molecule is O=C(O)CC1CCC(CNC(=O)c2ccc(Cl)c3c2cnn3Cc2cc(F)c(C(F)(F)F)c(F)c2)CC1. The van der Waals surface area contributed by atoms with Crippen LogP contribution in [0.25, 0.3) is 10.9 Å². The Morgan fingerprint density at radius 2 is 1.70 bits per heavy atom. The number of nitrogens with one attached hydrogen (secondary N) is 1. The molecule has 198 valence electrons. The normalized spacial score (nSPS) is 18.2. The number of aromatic nitrogens is 2. The molecule has 1 aromatic heterocycles. The van der Waals surface area contributed by atoms with E-state index in [1.54, 1.807) is 0 Å². The second-order valence-corrected chi connectivity index (χ2v) is 9.69. The number of nitrogens with zero attached hydrogens (tertiary/aromatic N) is 2. The number of carbonyl (C=O) groups excluding carboxylic acids is 1. The lowest BCUT2D eigenvalue weighted by Gasteiger charge is -2.27. The Morgan fingerprint density at radius 1 is 1.08 bits per heavy atom. The summed E-state index contributed by atoms with van der Waals surface area (Å²) in [6.45, 7) is 0.140. The number of hydrogen-bond acceptors (Lipinski definition) is 3. The highest BCUT2D eigenvalue weighted by Crippen LogP contribution is 2.35. The molecule has 37 heavy (non-hydrogen) atoms. The van der Waals surface area contributed by atoms with E-state index in [1.165, 1.54) is 23.0 Å². The summed E-state index contributed by atoms with van der Waals surface area (Å²) in [6, 6.07) is 4.18. The molecule has 1 fully saturated rings. The van der Waals surface area contributed by atoms with Crippen molar-refractivity contribution in [3.05, 3.63) is 63.8 Å². The van der Waals surface area contributed by atoms with Gasteiger partial charge in [0.2, 0.25) is 0 Å². The number of carbonyl (C=O) groups is 2. The number of aliphatic carboxylic acids is 1. The second kappa shape index (κ2) is 10.6. The molecule has 1 aliphatic rings. The first-order chi connectivity index (χ1) is 17.4. The number of amides is 1. The predicted octanol–water partition coefficient (Wildman–Crippen LogP) is 6.05. The molecule has 0 aliphatic heterocycles. The van der Waals surface area contributed by atoms with Gasteiger partial charge in [0.25, 0.3) is 5.91 Å². The molecule has 4 rings (SSSR count). The molecule has 0 atom stereocenters. The molecular weight excluding hydrogens is 521 g/mol. The Hall–Kier alpha value is -3.21. The van der Waals surface area contributed by atoms with E-state index < -0.39 is 29.3 Å². The average Bonchev–Trinajstić information content (AvgIpc) is 3.21. The Balaban J connectivity index is 1.49. The standard InChI is InChI=1S/C25H23ClF5N3O3/c26-18-6-5-16(24(37)32-10-14-3-1-13(2-4-14)9-21(35)36)17-11-33-34(23(17)18)12-15-7-19(27)22(20(28)8-15)25(29,30)31/h5-8,11,13-14H,1-4,9-10,12H2,(H,32,37)(H,35,36). The number of alkyl halides is 3. The zero-order valence-electron chi connectivity index (χ0n) is 19.4. The maximum atomic E-state index is 14.0. The molecule has 0 radical (unpaired) electrons. The number of hydrogen-bond donors (Lipinski definition) is 2. The second-order valence-electron chi connectivity index (χ2n) is 9.29. The topological polar surface area (TPSA) is 84.2 Å². The van der Waals surface area contributed by atoms with E-state index in [1.807, 2.05) is 0 Å². The molecule has 3 aromatic rings. The van der Waals surface area contributed by atoms with Crippen molar-refractivity contribution in [3.63, 3.8) is 0 Å². The summed E-state index contributed by atoms with van der Waals surface area (Å²) in [5, 5.41) is 16.6. The van der Waals surface area contributed by atoms with Crippen LogP contribution in [0.5, 0.6) is 0 Å². The van der Waals surface area contributed by atoms with Gasteiger partial charge in [0.05, 0.1) is 28.8 Å². The first-order valence-corrected chi connectivity index (χ1v) is 12.0. The van der Waals surface area contributed by atoms with Gasteiger partial charge in [0, 0.05) is 18.4 Å². The van der Waals surface area contributed by atoms with E-state index in [0.29, 0.717) is 29.6 Å². The summed E-state index contributed by atoms with van der Waals surface area (Å²) in [6.07, 6.45) is -0.458. The van der Waals surface area contributed by atoms with Gasteiger partial charge in [-0.2, -0.15) is 18.3 Å². The van der Waals surface area contributed by atoms with E-state index in [2.05, 4.69) is 10.4 Å². The first kappa shape index (κ1) is 26.8. The van der Waals surface area contributed by atoms with Crippen LogP contribution in [0.3, 0.4) is 0 Å². The van der Waals surface area contributed by atoms with Crippen molar-refractivity contribution >= 4 is 34.4 Å². The highest BCUT2D eigenvalue weighted by atomic mass is 35.5. The molecule has 0 spiro atoms. The summed E-state index contributed by atoms with van der Waals surface area (Å²) < 4.78 is 67.9. The summed E-state index contributed by atoms with van der Waals surface area (Å²) in [5.74, 6) is -4.27. The largest absolute Gasteiger partial charge is 0.481 e. The monoisotopic (exact) mass is 543 g/mol. The van der Waals surface area contributed by atoms with Crippen molar-refractivity contribution in [2.24, 2.45) is 11.8 Å². The average molecular weight is 544 g/mol. The molecule has 2 N–H and O–H groups in total. The zero-order valence-corrected chi connectivity index (χ0v) is 20.2. The van der Waals surface area contributed by atoms with Gasteiger partial charge >= 0.3 is 12.1 Å². The van der Waals surface area contributed by atoms with E-state index in [9.17, 15) is 31.5 Å². The molecule has 1 saturated carbocycles. The third-order valence-corrected chi connectivity index (χ3v) is 7.00. The van der Waals surface area contributed by atoms with Crippen molar-refractivity contribution in [2.75, 3.05) is 6.54 Å². The Morgan fingerprint density at radius 3 is 2.30 bits per heavy atom. The van der Waals surface area contributed by atoms with Gasteiger partial charge in [-0.05, 0) is 67.3 Å². The van der Waals surface area contributed by atoms with Crippen molar-refractivity contribution in [2.45, 2.75) is 44.8 Å². The van der Waals surface area contributed by atoms with Gasteiger partial charge in [-0.1, -0.05) is 11.6 Å². The molecule has 1 amide bonds. The molecule has 6 nitrogen and oxygen atoms in total. The highest BCUT2D eigenvalue weighted by molar-refractivity contribution is 6.35. The van der Waals surface area contributed by atoms with Crippen LogP contribution in [0.2, 0.25) is 5.02 Å². The Kier molecular flexibility index (Phi) is 7.72. The zero-order chi connectivity index (χ0) is 26.9. The fourth-order valence-electron chi connectivity index (χ4n) is 4.86. The first-order valence-electron chi connectivity index (χ1n) is 11.6. The van der Waals surface area contributed by atoms with Crippen molar-refractivity contribution in [3.8, 4) is 0 Å². The fraction of sp³-hybridized carbons (Fsp3) is 0.400. The molecule has 12 heteroatoms. The van der Waals surface area contributed by atoms with Gasteiger partial charge in [-0.15, -0.1) is 0 Å². The molecule has 1 aliphatic carbocycles. The van der Waals surface area contributed by atoms with Crippen LogP contribution in [0, 0.1) is 23.5 Å². The van der Waals surface area contributed by atoms with Crippen LogP contribution >= 0.6 is 11.6 Å². The van der Waals surface area contributed by atoms with Crippen LogP contribution in [-0.4, -0.2) is 33.3 Å². The molecule has 0 unspecified atom stereocenters.